The first-order valence-electron chi connectivity index (χ1n) is 9.94. The Hall–Kier alpha value is -2.97. The van der Waals surface area contributed by atoms with E-state index in [9.17, 15) is 9.18 Å². The maximum atomic E-state index is 13.1. The van der Waals surface area contributed by atoms with E-state index in [1.807, 2.05) is 25.1 Å². The molecule has 0 bridgehead atoms. The highest BCUT2D eigenvalue weighted by Gasteiger charge is 2.14. The molecule has 0 saturated carbocycles. The Bertz CT molecular complexity index is 988. The Kier molecular flexibility index (Phi) is 7.37. The van der Waals surface area contributed by atoms with Gasteiger partial charge in [-0.15, -0.1) is 0 Å². The predicted molar refractivity (Wildman–Crippen MR) is 112 cm³/mol. The number of hydrogen-bond acceptors (Lipinski definition) is 5. The molecule has 0 saturated heterocycles. The molecule has 2 aromatic carbocycles. The molecule has 0 spiro atoms. The highest BCUT2D eigenvalue weighted by atomic mass is 19.1. The fourth-order valence-corrected chi connectivity index (χ4v) is 3.02. The summed E-state index contributed by atoms with van der Waals surface area (Å²) >= 11 is 0. The molecule has 0 fully saturated rings. The number of carbonyl (C=O) groups excluding carboxylic acids is 1. The summed E-state index contributed by atoms with van der Waals surface area (Å²) in [5.41, 5.74) is 7.95. The Balaban J connectivity index is 1.80. The van der Waals surface area contributed by atoms with Crippen molar-refractivity contribution in [2.75, 3.05) is 13.2 Å². The molecular formula is C22H27FN4O3. The number of imidazole rings is 1. The first-order chi connectivity index (χ1) is 14.5. The number of carbonyl (C=O) groups is 1. The first-order valence-corrected chi connectivity index (χ1v) is 9.94. The number of fused-ring (bicyclic) bond motifs is 1. The summed E-state index contributed by atoms with van der Waals surface area (Å²) in [6.07, 6.45) is 0. The van der Waals surface area contributed by atoms with Gasteiger partial charge in [-0.2, -0.15) is 0 Å². The van der Waals surface area contributed by atoms with Crippen LogP contribution in [0.4, 0.5) is 4.39 Å². The van der Waals surface area contributed by atoms with Gasteiger partial charge in [0.15, 0.2) is 0 Å². The molecule has 1 atom stereocenters. The molecule has 30 heavy (non-hydrogen) atoms. The number of rotatable bonds is 11. The summed E-state index contributed by atoms with van der Waals surface area (Å²) in [5.74, 6) is 0.788. The number of nitrogens with two attached hydrogens (primary N) is 1. The third-order valence-corrected chi connectivity index (χ3v) is 4.77. The predicted octanol–water partition coefficient (Wildman–Crippen LogP) is 2.75. The maximum Gasteiger partial charge on any atom is 0.234 e. The molecule has 0 aliphatic rings. The smallest absolute Gasteiger partial charge is 0.234 e. The fraction of sp³-hybridized carbons (Fsp3) is 0.364. The van der Waals surface area contributed by atoms with Gasteiger partial charge in [0.1, 0.15) is 24.0 Å². The Morgan fingerprint density at radius 1 is 1.27 bits per heavy atom. The SMILES string of the molecule is CCOCCn1c(CN[C@@H](C)C(N)=O)nc2ccc(OCc3ccc(F)cc3)cc21. The monoisotopic (exact) mass is 414 g/mol. The van der Waals surface area contributed by atoms with E-state index in [-0.39, 0.29) is 5.82 Å². The molecule has 3 rings (SSSR count). The maximum absolute atomic E-state index is 13.1. The van der Waals surface area contributed by atoms with Gasteiger partial charge < -0.3 is 19.8 Å². The van der Waals surface area contributed by atoms with E-state index < -0.39 is 11.9 Å². The van der Waals surface area contributed by atoms with Crippen LogP contribution in [0.1, 0.15) is 25.2 Å². The quantitative estimate of drug-likeness (QED) is 0.471. The molecule has 0 aliphatic heterocycles. The Labute approximate surface area is 175 Å². The lowest BCUT2D eigenvalue weighted by Crippen LogP contribution is -2.38. The molecule has 8 heteroatoms. The molecule has 160 valence electrons. The molecule has 1 heterocycles. The van der Waals surface area contributed by atoms with Crippen molar-refractivity contribution in [2.24, 2.45) is 5.73 Å². The van der Waals surface area contributed by atoms with Crippen LogP contribution in [0.3, 0.4) is 0 Å². The van der Waals surface area contributed by atoms with Gasteiger partial charge in [0.2, 0.25) is 5.91 Å². The Morgan fingerprint density at radius 3 is 2.73 bits per heavy atom. The second kappa shape index (κ2) is 10.2. The third kappa shape index (κ3) is 5.55. The summed E-state index contributed by atoms with van der Waals surface area (Å²) in [6, 6.07) is 11.4. The largest absolute Gasteiger partial charge is 0.489 e. The Morgan fingerprint density at radius 2 is 2.03 bits per heavy atom. The van der Waals surface area contributed by atoms with Crippen LogP contribution in [0.25, 0.3) is 11.0 Å². The zero-order valence-electron chi connectivity index (χ0n) is 17.2. The minimum absolute atomic E-state index is 0.273. The van der Waals surface area contributed by atoms with Crippen molar-refractivity contribution in [3.8, 4) is 5.75 Å². The lowest BCUT2D eigenvalue weighted by molar-refractivity contribution is -0.119. The van der Waals surface area contributed by atoms with Crippen molar-refractivity contribution in [3.63, 3.8) is 0 Å². The molecular weight excluding hydrogens is 387 g/mol. The number of benzene rings is 2. The van der Waals surface area contributed by atoms with Crippen LogP contribution in [0.15, 0.2) is 42.5 Å². The first kappa shape index (κ1) is 21.7. The van der Waals surface area contributed by atoms with Crippen LogP contribution in [-0.4, -0.2) is 34.7 Å². The highest BCUT2D eigenvalue weighted by molar-refractivity contribution is 5.79. The van der Waals surface area contributed by atoms with Gasteiger partial charge in [-0.05, 0) is 43.7 Å². The normalized spacial score (nSPS) is 12.2. The van der Waals surface area contributed by atoms with Crippen molar-refractivity contribution < 1.29 is 18.7 Å². The van der Waals surface area contributed by atoms with Gasteiger partial charge in [0.25, 0.3) is 0 Å². The minimum Gasteiger partial charge on any atom is -0.489 e. The van der Waals surface area contributed by atoms with Crippen LogP contribution in [0.5, 0.6) is 5.75 Å². The molecule has 3 N–H and O–H groups in total. The standard InChI is InChI=1S/C22H27FN4O3/c1-3-29-11-10-27-20-12-18(30-14-16-4-6-17(23)7-5-16)8-9-19(20)26-21(27)13-25-15(2)22(24)28/h4-9,12,15,25H,3,10-11,13-14H2,1-2H3,(H2,24,28)/t15-/m0/s1. The number of nitrogens with zero attached hydrogens (tertiary/aromatic N) is 2. The number of halogens is 1. The average Bonchev–Trinajstić information content (AvgIpc) is 3.08. The van der Waals surface area contributed by atoms with Crippen LogP contribution < -0.4 is 15.8 Å². The summed E-state index contributed by atoms with van der Waals surface area (Å²) in [5, 5.41) is 3.10. The molecule has 7 nitrogen and oxygen atoms in total. The summed E-state index contributed by atoms with van der Waals surface area (Å²) in [6.45, 7) is 6.20. The molecule has 0 unspecified atom stereocenters. The molecule has 3 aromatic rings. The molecule has 1 amide bonds. The van der Waals surface area contributed by atoms with Crippen LogP contribution in [0, 0.1) is 5.82 Å². The number of aromatic nitrogens is 2. The van der Waals surface area contributed by atoms with Crippen LogP contribution >= 0.6 is 0 Å². The van der Waals surface area contributed by atoms with E-state index in [1.165, 1.54) is 12.1 Å². The third-order valence-electron chi connectivity index (χ3n) is 4.77. The number of nitrogens with one attached hydrogen (secondary N) is 1. The van der Waals surface area contributed by atoms with Crippen LogP contribution in [-0.2, 0) is 29.2 Å². The van der Waals surface area contributed by atoms with E-state index in [1.54, 1.807) is 19.1 Å². The lowest BCUT2D eigenvalue weighted by Gasteiger charge is -2.13. The summed E-state index contributed by atoms with van der Waals surface area (Å²) in [7, 11) is 0. The van der Waals surface area contributed by atoms with Gasteiger partial charge in [-0.3, -0.25) is 10.1 Å². The van der Waals surface area contributed by atoms with Crippen molar-refractivity contribution >= 4 is 16.9 Å². The highest BCUT2D eigenvalue weighted by Crippen LogP contribution is 2.23. The zero-order valence-corrected chi connectivity index (χ0v) is 17.2. The number of ether oxygens (including phenoxy) is 2. The number of amides is 1. The van der Waals surface area contributed by atoms with E-state index >= 15 is 0 Å². The van der Waals surface area contributed by atoms with Gasteiger partial charge in [0, 0.05) is 19.2 Å². The molecule has 1 aromatic heterocycles. The van der Waals surface area contributed by atoms with Crippen molar-refractivity contribution in [2.45, 2.75) is 39.6 Å². The molecule has 0 radical (unpaired) electrons. The van der Waals surface area contributed by atoms with Crippen molar-refractivity contribution in [1.29, 1.82) is 0 Å². The summed E-state index contributed by atoms with van der Waals surface area (Å²) in [4.78, 5) is 16.0. The topological polar surface area (TPSA) is 91.4 Å². The van der Waals surface area contributed by atoms with E-state index in [0.717, 1.165) is 22.4 Å². The molecule has 0 aliphatic carbocycles. The fourth-order valence-electron chi connectivity index (χ4n) is 3.02. The van der Waals surface area contributed by atoms with Gasteiger partial charge >= 0.3 is 0 Å². The van der Waals surface area contributed by atoms with Crippen LogP contribution in [0.2, 0.25) is 0 Å². The summed E-state index contributed by atoms with van der Waals surface area (Å²) < 4.78 is 26.5. The number of hydrogen-bond donors (Lipinski definition) is 2. The van der Waals surface area contributed by atoms with E-state index in [4.69, 9.17) is 15.2 Å². The van der Waals surface area contributed by atoms with E-state index in [2.05, 4.69) is 14.9 Å². The van der Waals surface area contributed by atoms with Crippen molar-refractivity contribution in [3.05, 3.63) is 59.7 Å². The van der Waals surface area contributed by atoms with Gasteiger partial charge in [0.05, 0.1) is 30.2 Å². The van der Waals surface area contributed by atoms with Crippen molar-refractivity contribution in [1.82, 2.24) is 14.9 Å². The van der Waals surface area contributed by atoms with E-state index in [0.29, 0.717) is 38.7 Å². The second-order valence-corrected chi connectivity index (χ2v) is 6.95. The minimum atomic E-state index is -0.459. The average molecular weight is 414 g/mol. The lowest BCUT2D eigenvalue weighted by atomic mass is 10.2. The van der Waals surface area contributed by atoms with Gasteiger partial charge in [-0.1, -0.05) is 12.1 Å². The second-order valence-electron chi connectivity index (χ2n) is 6.95. The van der Waals surface area contributed by atoms with Gasteiger partial charge in [-0.25, -0.2) is 9.37 Å². The number of primary amides is 1. The zero-order chi connectivity index (χ0) is 21.5.